The zero-order chi connectivity index (χ0) is 7.11. The van der Waals surface area contributed by atoms with E-state index in [2.05, 4.69) is 6.58 Å². The van der Waals surface area contributed by atoms with Gasteiger partial charge in [-0.3, -0.25) is 10.1 Å². The maximum atomic E-state index is 9.66. The number of hydrogen-bond donors (Lipinski definition) is 0. The van der Waals surface area contributed by atoms with E-state index in [9.17, 15) is 10.1 Å². The third-order valence-electron chi connectivity index (χ3n) is 0.765. The first-order valence-corrected chi connectivity index (χ1v) is 2.68. The molecule has 0 aromatic carbocycles. The van der Waals surface area contributed by atoms with E-state index in [-0.39, 0.29) is 0 Å². The van der Waals surface area contributed by atoms with Crippen LogP contribution in [-0.2, 0) is 0 Å². The Balaban J connectivity index is 3.24. The van der Waals surface area contributed by atoms with Gasteiger partial charge in [-0.15, -0.1) is 6.58 Å². The van der Waals surface area contributed by atoms with Crippen molar-refractivity contribution in [3.05, 3.63) is 35.0 Å². The summed E-state index contributed by atoms with van der Waals surface area (Å²) in [5, 5.41) is 9.66. The monoisotopic (exact) mass is 127 g/mol. The molecule has 9 heavy (non-hydrogen) atoms. The highest BCUT2D eigenvalue weighted by Crippen LogP contribution is 1.89. The number of hydrogen-bond acceptors (Lipinski definition) is 2. The van der Waals surface area contributed by atoms with Crippen LogP contribution < -0.4 is 0 Å². The summed E-state index contributed by atoms with van der Waals surface area (Å²) in [5.41, 5.74) is 0. The van der Waals surface area contributed by atoms with Gasteiger partial charge in [0, 0.05) is 0 Å². The second-order valence-corrected chi connectivity index (χ2v) is 1.54. The van der Waals surface area contributed by atoms with Gasteiger partial charge in [0.2, 0.25) is 6.20 Å². The van der Waals surface area contributed by atoms with Gasteiger partial charge in [0.05, 0.1) is 4.92 Å². The van der Waals surface area contributed by atoms with E-state index in [1.54, 1.807) is 6.08 Å². The summed E-state index contributed by atoms with van der Waals surface area (Å²) < 4.78 is 0. The van der Waals surface area contributed by atoms with Crippen LogP contribution in [0.5, 0.6) is 0 Å². The summed E-state index contributed by atoms with van der Waals surface area (Å²) in [6, 6.07) is 0. The summed E-state index contributed by atoms with van der Waals surface area (Å²) in [5.74, 6) is 0. The molecule has 0 radical (unpaired) electrons. The topological polar surface area (TPSA) is 43.1 Å². The van der Waals surface area contributed by atoms with Crippen molar-refractivity contribution in [1.82, 2.24) is 0 Å². The molecule has 0 aromatic heterocycles. The molecule has 50 valence electrons. The molecule has 0 saturated carbocycles. The molecule has 0 unspecified atom stereocenters. The molecule has 0 spiro atoms. The minimum Gasteiger partial charge on any atom is -0.259 e. The van der Waals surface area contributed by atoms with E-state index < -0.39 is 4.92 Å². The first-order chi connectivity index (χ1) is 4.27. The highest BCUT2D eigenvalue weighted by atomic mass is 16.6. The SMILES string of the molecule is C=CCCC=C[N+](=O)[O-]. The van der Waals surface area contributed by atoms with Gasteiger partial charge < -0.3 is 0 Å². The van der Waals surface area contributed by atoms with Crippen LogP contribution in [0.25, 0.3) is 0 Å². The third kappa shape index (κ3) is 6.88. The van der Waals surface area contributed by atoms with Crippen molar-refractivity contribution in [2.45, 2.75) is 12.8 Å². The van der Waals surface area contributed by atoms with Crippen molar-refractivity contribution < 1.29 is 4.92 Å². The van der Waals surface area contributed by atoms with Gasteiger partial charge in [-0.1, -0.05) is 6.08 Å². The fourth-order valence-corrected chi connectivity index (χ4v) is 0.375. The summed E-state index contributed by atoms with van der Waals surface area (Å²) >= 11 is 0. The lowest BCUT2D eigenvalue weighted by molar-refractivity contribution is -0.402. The normalized spacial score (nSPS) is 9.78. The van der Waals surface area contributed by atoms with Crippen molar-refractivity contribution in [2.24, 2.45) is 0 Å². The highest BCUT2D eigenvalue weighted by molar-refractivity contribution is 4.77. The van der Waals surface area contributed by atoms with E-state index in [0.717, 1.165) is 12.6 Å². The zero-order valence-electron chi connectivity index (χ0n) is 5.12. The van der Waals surface area contributed by atoms with Gasteiger partial charge in [0.15, 0.2) is 0 Å². The lowest BCUT2D eigenvalue weighted by Crippen LogP contribution is -1.81. The van der Waals surface area contributed by atoms with Gasteiger partial charge in [-0.25, -0.2) is 0 Å². The first-order valence-electron chi connectivity index (χ1n) is 2.68. The van der Waals surface area contributed by atoms with E-state index in [4.69, 9.17) is 0 Å². The molecule has 0 N–H and O–H groups in total. The lowest BCUT2D eigenvalue weighted by atomic mass is 10.3. The number of nitrogens with zero attached hydrogens (tertiary/aromatic N) is 1. The Kier molecular flexibility index (Phi) is 4.40. The van der Waals surface area contributed by atoms with E-state index in [1.165, 1.54) is 6.08 Å². The summed E-state index contributed by atoms with van der Waals surface area (Å²) in [7, 11) is 0. The van der Waals surface area contributed by atoms with Crippen LogP contribution >= 0.6 is 0 Å². The Morgan fingerprint density at radius 2 is 2.22 bits per heavy atom. The van der Waals surface area contributed by atoms with E-state index in [1.807, 2.05) is 0 Å². The van der Waals surface area contributed by atoms with Gasteiger partial charge in [0.25, 0.3) is 0 Å². The predicted molar refractivity (Wildman–Crippen MR) is 35.6 cm³/mol. The molecule has 3 heteroatoms. The van der Waals surface area contributed by atoms with Crippen LogP contribution in [0.2, 0.25) is 0 Å². The zero-order valence-corrected chi connectivity index (χ0v) is 5.12. The highest BCUT2D eigenvalue weighted by Gasteiger charge is 1.81. The van der Waals surface area contributed by atoms with E-state index in [0.29, 0.717) is 6.42 Å². The molecule has 0 aliphatic heterocycles. The van der Waals surface area contributed by atoms with Crippen LogP contribution in [0.3, 0.4) is 0 Å². The third-order valence-corrected chi connectivity index (χ3v) is 0.765. The molecule has 0 bridgehead atoms. The maximum absolute atomic E-state index is 9.66. The predicted octanol–water partition coefficient (Wildman–Crippen LogP) is 1.74. The Labute approximate surface area is 53.8 Å². The Morgan fingerprint density at radius 3 is 2.67 bits per heavy atom. The molecule has 0 atom stereocenters. The minimum atomic E-state index is -0.469. The quantitative estimate of drug-likeness (QED) is 0.250. The van der Waals surface area contributed by atoms with Crippen molar-refractivity contribution in [3.8, 4) is 0 Å². The van der Waals surface area contributed by atoms with Crippen LogP contribution in [-0.4, -0.2) is 4.92 Å². The molecule has 0 rings (SSSR count). The Bertz CT molecular complexity index is 129. The Hall–Kier alpha value is -1.12. The summed E-state index contributed by atoms with van der Waals surface area (Å²) in [4.78, 5) is 9.19. The number of unbranched alkanes of at least 4 members (excludes halogenated alkanes) is 1. The fraction of sp³-hybridized carbons (Fsp3) is 0.333. The van der Waals surface area contributed by atoms with Gasteiger partial charge >= 0.3 is 0 Å². The first kappa shape index (κ1) is 7.88. The van der Waals surface area contributed by atoms with Crippen molar-refractivity contribution >= 4 is 0 Å². The number of allylic oxidation sites excluding steroid dienone is 2. The fourth-order valence-electron chi connectivity index (χ4n) is 0.375. The molecule has 0 fully saturated rings. The van der Waals surface area contributed by atoms with Crippen molar-refractivity contribution in [2.75, 3.05) is 0 Å². The van der Waals surface area contributed by atoms with Crippen LogP contribution in [0.1, 0.15) is 12.8 Å². The molecule has 0 aliphatic carbocycles. The van der Waals surface area contributed by atoms with E-state index >= 15 is 0 Å². The van der Waals surface area contributed by atoms with Crippen molar-refractivity contribution in [3.63, 3.8) is 0 Å². The van der Waals surface area contributed by atoms with Crippen molar-refractivity contribution in [1.29, 1.82) is 0 Å². The summed E-state index contributed by atoms with van der Waals surface area (Å²) in [6.07, 6.45) is 5.68. The smallest absolute Gasteiger partial charge is 0.230 e. The maximum Gasteiger partial charge on any atom is 0.230 e. The van der Waals surface area contributed by atoms with Gasteiger partial charge in [-0.2, -0.15) is 0 Å². The molecular formula is C6H9NO2. The largest absolute Gasteiger partial charge is 0.259 e. The number of rotatable bonds is 4. The molecule has 0 aliphatic rings. The molecule has 0 aromatic rings. The standard InChI is InChI=1S/C6H9NO2/c1-2-3-4-5-6-7(8)9/h2,5-6H,1,3-4H2. The van der Waals surface area contributed by atoms with Crippen LogP contribution in [0.4, 0.5) is 0 Å². The summed E-state index contributed by atoms with van der Waals surface area (Å²) in [6.45, 7) is 3.47. The molecule has 0 saturated heterocycles. The van der Waals surface area contributed by atoms with Crippen LogP contribution in [0, 0.1) is 10.1 Å². The second kappa shape index (κ2) is 5.03. The Morgan fingerprint density at radius 1 is 1.56 bits per heavy atom. The average molecular weight is 127 g/mol. The van der Waals surface area contributed by atoms with Crippen LogP contribution in [0.15, 0.2) is 24.9 Å². The average Bonchev–Trinajstić information content (AvgIpc) is 1.80. The van der Waals surface area contributed by atoms with Gasteiger partial charge in [-0.05, 0) is 18.9 Å². The second-order valence-electron chi connectivity index (χ2n) is 1.54. The molecule has 0 heterocycles. The molecule has 0 amide bonds. The van der Waals surface area contributed by atoms with Gasteiger partial charge in [0.1, 0.15) is 0 Å². The number of nitro groups is 1. The lowest BCUT2D eigenvalue weighted by Gasteiger charge is -1.80. The minimum absolute atomic E-state index is 0.469. The molecular weight excluding hydrogens is 118 g/mol. The molecule has 3 nitrogen and oxygen atoms in total.